The molecule has 2 fully saturated rings. The first-order valence-electron chi connectivity index (χ1n) is 15.7. The summed E-state index contributed by atoms with van der Waals surface area (Å²) in [5.41, 5.74) is 0.689. The van der Waals surface area contributed by atoms with Crippen LogP contribution in [-0.2, 0) is 22.2 Å². The first kappa shape index (κ1) is 33.8. The van der Waals surface area contributed by atoms with E-state index in [1.807, 2.05) is 67.8 Å². The maximum Gasteiger partial charge on any atom is 0.416 e. The van der Waals surface area contributed by atoms with E-state index in [0.29, 0.717) is 44.0 Å². The number of halogens is 4. The van der Waals surface area contributed by atoms with Crippen LogP contribution in [0.2, 0.25) is 5.02 Å². The van der Waals surface area contributed by atoms with E-state index in [0.717, 1.165) is 36.5 Å². The molecular weight excluding hydrogens is 619 g/mol. The van der Waals surface area contributed by atoms with Crippen molar-refractivity contribution in [3.05, 3.63) is 82.6 Å². The van der Waals surface area contributed by atoms with Crippen LogP contribution in [0.25, 0.3) is 0 Å². The Kier molecular flexibility index (Phi) is 10.3. The standard InChI is InChI=1S/C34H41ClF3N5O3/c1-5-27-18-28(19-30(24-9-7-6-8-10-24)43(27)32(44)46-33(2,3)4)42(22-23-15-25(34(36,37)38)17-26(35)16-23)31-39-20-29(21-40-31)41-11-13-45-14-12-41/h6-10,15-17,20-21,27-28,30H,5,11-14,18-19,22H2,1-4H3/t27-,28+,30?/m1/s1. The van der Waals surface area contributed by atoms with E-state index >= 15 is 0 Å². The molecule has 0 bridgehead atoms. The average molecular weight is 660 g/mol. The molecule has 1 amide bonds. The summed E-state index contributed by atoms with van der Waals surface area (Å²) in [6.45, 7) is 10.3. The fourth-order valence-corrected chi connectivity index (χ4v) is 6.50. The number of benzene rings is 2. The number of piperidine rings is 1. The van der Waals surface area contributed by atoms with Crippen molar-refractivity contribution < 1.29 is 27.4 Å². The minimum absolute atomic E-state index is 0.00157. The number of morpholine rings is 1. The molecule has 2 aliphatic heterocycles. The number of hydrogen-bond donors (Lipinski definition) is 0. The quantitative estimate of drug-likeness (QED) is 0.255. The maximum absolute atomic E-state index is 13.8. The monoisotopic (exact) mass is 659 g/mol. The number of anilines is 2. The van der Waals surface area contributed by atoms with Gasteiger partial charge in [-0.25, -0.2) is 14.8 Å². The third kappa shape index (κ3) is 8.22. The van der Waals surface area contributed by atoms with Gasteiger partial charge < -0.3 is 19.3 Å². The Balaban J connectivity index is 1.54. The van der Waals surface area contributed by atoms with Gasteiger partial charge in [0.05, 0.1) is 42.9 Å². The van der Waals surface area contributed by atoms with Crippen molar-refractivity contribution in [2.75, 3.05) is 36.1 Å². The van der Waals surface area contributed by atoms with E-state index < -0.39 is 23.4 Å². The largest absolute Gasteiger partial charge is 0.444 e. The number of carbonyl (C=O) groups is 1. The Hall–Kier alpha value is -3.57. The van der Waals surface area contributed by atoms with E-state index in [-0.39, 0.29) is 29.7 Å². The number of alkyl halides is 3. The zero-order chi connectivity index (χ0) is 33.1. The first-order valence-corrected chi connectivity index (χ1v) is 16.0. The lowest BCUT2D eigenvalue weighted by atomic mass is 9.85. The second kappa shape index (κ2) is 14.0. The molecule has 2 aromatic carbocycles. The molecule has 248 valence electrons. The van der Waals surface area contributed by atoms with Gasteiger partial charge in [0.25, 0.3) is 0 Å². The molecule has 0 aliphatic carbocycles. The zero-order valence-corrected chi connectivity index (χ0v) is 27.4. The van der Waals surface area contributed by atoms with E-state index in [4.69, 9.17) is 31.0 Å². The highest BCUT2D eigenvalue weighted by Crippen LogP contribution is 2.40. The number of carbonyl (C=O) groups excluding carboxylic acids is 1. The summed E-state index contributed by atoms with van der Waals surface area (Å²) in [6.07, 6.45) is 0.239. The predicted octanol–water partition coefficient (Wildman–Crippen LogP) is 7.91. The van der Waals surface area contributed by atoms with Crippen LogP contribution < -0.4 is 9.80 Å². The molecule has 5 rings (SSSR count). The normalized spacial score (nSPS) is 20.8. The van der Waals surface area contributed by atoms with Crippen LogP contribution in [0.3, 0.4) is 0 Å². The number of likely N-dealkylation sites (tertiary alicyclic amines) is 1. The smallest absolute Gasteiger partial charge is 0.416 e. The molecule has 8 nitrogen and oxygen atoms in total. The van der Waals surface area contributed by atoms with Crippen molar-refractivity contribution in [2.24, 2.45) is 0 Å². The average Bonchev–Trinajstić information content (AvgIpc) is 3.02. The third-order valence-corrected chi connectivity index (χ3v) is 8.58. The molecule has 12 heteroatoms. The summed E-state index contributed by atoms with van der Waals surface area (Å²) in [6, 6.07) is 12.6. The van der Waals surface area contributed by atoms with Crippen molar-refractivity contribution in [3.63, 3.8) is 0 Å². The summed E-state index contributed by atoms with van der Waals surface area (Å²) in [5, 5.41) is 0.00157. The summed E-state index contributed by atoms with van der Waals surface area (Å²) >= 11 is 6.21. The number of nitrogens with zero attached hydrogens (tertiary/aromatic N) is 5. The van der Waals surface area contributed by atoms with Crippen LogP contribution >= 0.6 is 11.6 Å². The van der Waals surface area contributed by atoms with Crippen LogP contribution in [0.1, 0.15) is 69.7 Å². The van der Waals surface area contributed by atoms with E-state index in [9.17, 15) is 18.0 Å². The third-order valence-electron chi connectivity index (χ3n) is 8.36. The van der Waals surface area contributed by atoms with Gasteiger partial charge in [0.2, 0.25) is 5.95 Å². The number of aromatic nitrogens is 2. The SMILES string of the molecule is CC[C@@H]1C[C@H](N(Cc2cc(Cl)cc(C(F)(F)F)c2)c2ncc(N3CCOCC3)cn2)CC(c2ccccc2)N1C(=O)OC(C)(C)C. The molecule has 2 aliphatic rings. The fraction of sp³-hybridized carbons (Fsp3) is 0.500. The van der Waals surface area contributed by atoms with Gasteiger partial charge in [-0.2, -0.15) is 13.2 Å². The van der Waals surface area contributed by atoms with Gasteiger partial charge in [-0.05, 0) is 69.4 Å². The van der Waals surface area contributed by atoms with Crippen LogP contribution in [0.5, 0.6) is 0 Å². The maximum atomic E-state index is 13.8. The highest BCUT2D eigenvalue weighted by atomic mass is 35.5. The molecule has 1 unspecified atom stereocenters. The van der Waals surface area contributed by atoms with Gasteiger partial charge >= 0.3 is 12.3 Å². The minimum atomic E-state index is -4.55. The fourth-order valence-electron chi connectivity index (χ4n) is 6.24. The van der Waals surface area contributed by atoms with Gasteiger partial charge in [0.15, 0.2) is 0 Å². The predicted molar refractivity (Wildman–Crippen MR) is 172 cm³/mol. The molecular formula is C34H41ClF3N5O3. The first-order chi connectivity index (χ1) is 21.8. The minimum Gasteiger partial charge on any atom is -0.444 e. The molecule has 0 radical (unpaired) electrons. The molecule has 2 saturated heterocycles. The van der Waals surface area contributed by atoms with Crippen molar-refractivity contribution in [1.29, 1.82) is 0 Å². The van der Waals surface area contributed by atoms with Gasteiger partial charge in [0, 0.05) is 36.7 Å². The molecule has 0 N–H and O–H groups in total. The molecule has 0 spiro atoms. The van der Waals surface area contributed by atoms with Crippen LogP contribution in [-0.4, -0.2) is 64.9 Å². The lowest BCUT2D eigenvalue weighted by Gasteiger charge is -2.48. The van der Waals surface area contributed by atoms with Gasteiger partial charge in [-0.3, -0.25) is 4.90 Å². The molecule has 3 atom stereocenters. The summed E-state index contributed by atoms with van der Waals surface area (Å²) in [5.74, 6) is 0.392. The highest BCUT2D eigenvalue weighted by molar-refractivity contribution is 6.30. The van der Waals surface area contributed by atoms with Crippen molar-refractivity contribution >= 4 is 29.3 Å². The second-order valence-corrected chi connectivity index (χ2v) is 13.3. The van der Waals surface area contributed by atoms with Crippen LogP contribution in [0.4, 0.5) is 29.6 Å². The Morgan fingerprint density at radius 2 is 1.72 bits per heavy atom. The Morgan fingerprint density at radius 1 is 1.04 bits per heavy atom. The van der Waals surface area contributed by atoms with Crippen LogP contribution in [0.15, 0.2) is 60.9 Å². The number of rotatable bonds is 7. The number of amides is 1. The Labute approximate surface area is 273 Å². The van der Waals surface area contributed by atoms with E-state index in [1.54, 1.807) is 18.5 Å². The summed E-state index contributed by atoms with van der Waals surface area (Å²) in [7, 11) is 0. The molecule has 3 heterocycles. The zero-order valence-electron chi connectivity index (χ0n) is 26.6. The van der Waals surface area contributed by atoms with Gasteiger partial charge in [0.1, 0.15) is 5.60 Å². The molecule has 3 aromatic rings. The van der Waals surface area contributed by atoms with E-state index in [1.165, 1.54) is 0 Å². The Bertz CT molecular complexity index is 1460. The van der Waals surface area contributed by atoms with Crippen molar-refractivity contribution in [1.82, 2.24) is 14.9 Å². The lowest BCUT2D eigenvalue weighted by Crippen LogP contribution is -2.54. The van der Waals surface area contributed by atoms with Crippen molar-refractivity contribution in [2.45, 2.75) is 83.4 Å². The van der Waals surface area contributed by atoms with Crippen LogP contribution in [0, 0.1) is 0 Å². The molecule has 0 saturated carbocycles. The summed E-state index contributed by atoms with van der Waals surface area (Å²) in [4.78, 5) is 29.1. The van der Waals surface area contributed by atoms with E-state index in [2.05, 4.69) is 4.90 Å². The second-order valence-electron chi connectivity index (χ2n) is 12.8. The molecule has 1 aromatic heterocycles. The topological polar surface area (TPSA) is 71.0 Å². The Morgan fingerprint density at radius 3 is 2.33 bits per heavy atom. The summed E-state index contributed by atoms with van der Waals surface area (Å²) < 4.78 is 52.7. The van der Waals surface area contributed by atoms with Gasteiger partial charge in [-0.15, -0.1) is 0 Å². The van der Waals surface area contributed by atoms with Crippen molar-refractivity contribution in [3.8, 4) is 0 Å². The van der Waals surface area contributed by atoms with Gasteiger partial charge in [-0.1, -0.05) is 48.9 Å². The lowest BCUT2D eigenvalue weighted by molar-refractivity contribution is -0.137. The number of hydrogen-bond acceptors (Lipinski definition) is 7. The highest BCUT2D eigenvalue weighted by Gasteiger charge is 2.43. The molecule has 46 heavy (non-hydrogen) atoms. The number of ether oxygens (including phenoxy) is 2.